The summed E-state index contributed by atoms with van der Waals surface area (Å²) in [6, 6.07) is 12.1. The number of nitrogens with zero attached hydrogens (tertiary/aromatic N) is 5. The first-order valence-corrected chi connectivity index (χ1v) is 13.2. The Hall–Kier alpha value is -3.95. The van der Waals surface area contributed by atoms with Crippen molar-refractivity contribution < 1.29 is 9.90 Å². The lowest BCUT2D eigenvalue weighted by Gasteiger charge is -2.27. The number of carboxylic acid groups (broad SMARTS) is 1. The summed E-state index contributed by atoms with van der Waals surface area (Å²) in [5.74, 6) is 0.0354. The maximum atomic E-state index is 11.7. The maximum absolute atomic E-state index is 11.7. The van der Waals surface area contributed by atoms with Gasteiger partial charge in [-0.05, 0) is 60.6 Å². The van der Waals surface area contributed by atoms with E-state index in [9.17, 15) is 9.90 Å². The van der Waals surface area contributed by atoms with Gasteiger partial charge in [0.15, 0.2) is 5.82 Å². The molecule has 5 rings (SSSR count). The molecule has 0 saturated heterocycles. The molecule has 3 heterocycles. The van der Waals surface area contributed by atoms with Gasteiger partial charge in [0.25, 0.3) is 0 Å². The normalized spacial score (nSPS) is 19.3. The summed E-state index contributed by atoms with van der Waals surface area (Å²) in [6.45, 7) is 4.22. The van der Waals surface area contributed by atoms with Gasteiger partial charge in [-0.3, -0.25) is 9.79 Å². The van der Waals surface area contributed by atoms with Gasteiger partial charge >= 0.3 is 5.97 Å². The summed E-state index contributed by atoms with van der Waals surface area (Å²) in [5.41, 5.74) is 12.0. The molecule has 2 aromatic carbocycles. The van der Waals surface area contributed by atoms with E-state index in [4.69, 9.17) is 22.3 Å². The lowest BCUT2D eigenvalue weighted by atomic mass is 9.81. The molecule has 0 aliphatic carbocycles. The van der Waals surface area contributed by atoms with Crippen LogP contribution < -0.4 is 16.0 Å². The van der Waals surface area contributed by atoms with Crippen molar-refractivity contribution in [1.29, 1.82) is 0 Å². The number of anilines is 4. The first-order chi connectivity index (χ1) is 18.7. The van der Waals surface area contributed by atoms with Gasteiger partial charge in [-0.25, -0.2) is 4.98 Å². The first kappa shape index (κ1) is 26.6. The second-order valence-electron chi connectivity index (χ2n) is 10.3. The number of benzene rings is 2. The maximum Gasteiger partial charge on any atom is 0.304 e. The van der Waals surface area contributed by atoms with Crippen LogP contribution in [0.1, 0.15) is 35.6 Å². The minimum absolute atomic E-state index is 0.00492. The van der Waals surface area contributed by atoms with Gasteiger partial charge in [0.1, 0.15) is 5.02 Å². The topological polar surface area (TPSA) is 120 Å². The number of likely N-dealkylation sites (N-methyl/N-ethyl adjacent to an activating group) is 1. The molecule has 0 radical (unpaired) electrons. The minimum atomic E-state index is -0.851. The molecule has 10 heteroatoms. The summed E-state index contributed by atoms with van der Waals surface area (Å²) in [5, 5.41) is 13.4. The van der Waals surface area contributed by atoms with Crippen LogP contribution in [0.25, 0.3) is 0 Å². The average Bonchev–Trinajstić information content (AvgIpc) is 3.19. The van der Waals surface area contributed by atoms with Gasteiger partial charge in [-0.15, -0.1) is 0 Å². The predicted molar refractivity (Wildman–Crippen MR) is 156 cm³/mol. The second-order valence-corrected chi connectivity index (χ2v) is 10.8. The van der Waals surface area contributed by atoms with E-state index in [0.717, 1.165) is 47.7 Å². The lowest BCUT2D eigenvalue weighted by Crippen LogP contribution is -2.31. The Kier molecular flexibility index (Phi) is 7.29. The van der Waals surface area contributed by atoms with Crippen LogP contribution in [0.15, 0.2) is 59.9 Å². The van der Waals surface area contributed by atoms with Crippen molar-refractivity contribution in [2.75, 3.05) is 37.4 Å². The van der Waals surface area contributed by atoms with Crippen molar-refractivity contribution in [2.24, 2.45) is 10.7 Å². The van der Waals surface area contributed by atoms with Crippen molar-refractivity contribution >= 4 is 46.4 Å². The van der Waals surface area contributed by atoms with Gasteiger partial charge in [0.05, 0.1) is 24.0 Å². The van der Waals surface area contributed by atoms with Crippen LogP contribution in [-0.4, -0.2) is 58.8 Å². The number of aromatic nitrogens is 2. The standard InChI is InChI=1S/C29H32ClN7O2/c1-29(14-26(38)39)17-37(25-7-5-4-6-21(25)29)27-22(30)15-33-28(35-27)34-24-13-19-16-36(3)11-9-18(19)12-20(24)23(32-2)8-10-31/h4-8,10,12-13,15H,9,11,14,16-17,31H2,1-3H3,(H,38,39)(H,33,34,35). The molecule has 0 fully saturated rings. The number of nitrogens with one attached hydrogen (secondary N) is 1. The van der Waals surface area contributed by atoms with E-state index in [2.05, 4.69) is 39.4 Å². The summed E-state index contributed by atoms with van der Waals surface area (Å²) < 4.78 is 0. The van der Waals surface area contributed by atoms with Crippen molar-refractivity contribution in [2.45, 2.75) is 31.7 Å². The molecule has 2 aliphatic heterocycles. The summed E-state index contributed by atoms with van der Waals surface area (Å²) in [6.07, 6.45) is 5.78. The van der Waals surface area contributed by atoms with Gasteiger partial charge in [0.2, 0.25) is 5.95 Å². The number of rotatable bonds is 7. The molecule has 3 aromatic rings. The van der Waals surface area contributed by atoms with Gasteiger partial charge < -0.3 is 26.0 Å². The van der Waals surface area contributed by atoms with Crippen LogP contribution in [0.5, 0.6) is 0 Å². The van der Waals surface area contributed by atoms with Crippen molar-refractivity contribution in [3.63, 3.8) is 0 Å². The highest BCUT2D eigenvalue weighted by molar-refractivity contribution is 6.33. The number of carboxylic acids is 1. The Bertz CT molecular complexity index is 1490. The highest BCUT2D eigenvalue weighted by Crippen LogP contribution is 2.47. The Morgan fingerprint density at radius 2 is 2.10 bits per heavy atom. The fourth-order valence-corrected chi connectivity index (χ4v) is 5.78. The molecule has 0 saturated carbocycles. The number of hydrogen-bond acceptors (Lipinski definition) is 8. The Balaban J connectivity index is 1.55. The van der Waals surface area contributed by atoms with Crippen LogP contribution >= 0.6 is 11.6 Å². The second kappa shape index (κ2) is 10.7. The quantitative estimate of drug-likeness (QED) is 0.367. The smallest absolute Gasteiger partial charge is 0.304 e. The molecule has 1 unspecified atom stereocenters. The molecule has 0 spiro atoms. The highest BCUT2D eigenvalue weighted by Gasteiger charge is 2.42. The number of aliphatic carboxylic acids is 1. The molecule has 202 valence electrons. The zero-order chi connectivity index (χ0) is 27.7. The van der Waals surface area contributed by atoms with E-state index >= 15 is 0 Å². The number of allylic oxidation sites excluding steroid dienone is 1. The van der Waals surface area contributed by atoms with Crippen LogP contribution in [-0.2, 0) is 23.2 Å². The summed E-state index contributed by atoms with van der Waals surface area (Å²) in [4.78, 5) is 29.7. The average molecular weight is 546 g/mol. The van der Waals surface area contributed by atoms with E-state index < -0.39 is 11.4 Å². The van der Waals surface area contributed by atoms with E-state index in [-0.39, 0.29) is 6.42 Å². The first-order valence-electron chi connectivity index (χ1n) is 12.8. The molecule has 4 N–H and O–H groups in total. The van der Waals surface area contributed by atoms with Crippen LogP contribution in [0, 0.1) is 0 Å². The van der Waals surface area contributed by atoms with Crippen molar-refractivity contribution in [1.82, 2.24) is 14.9 Å². The molecule has 1 aromatic heterocycles. The van der Waals surface area contributed by atoms with E-state index in [0.29, 0.717) is 23.3 Å². The van der Waals surface area contributed by atoms with Gasteiger partial charge in [-0.2, -0.15) is 4.98 Å². The van der Waals surface area contributed by atoms with Crippen LogP contribution in [0.4, 0.5) is 23.1 Å². The molecule has 39 heavy (non-hydrogen) atoms. The third kappa shape index (κ3) is 5.20. The number of halogens is 1. The molecule has 2 aliphatic rings. The number of aliphatic imine (C=N–C) groups is 1. The zero-order valence-electron chi connectivity index (χ0n) is 22.3. The Labute approximate surface area is 233 Å². The number of carbonyl (C=O) groups is 1. The van der Waals surface area contributed by atoms with E-state index in [1.54, 1.807) is 19.3 Å². The summed E-state index contributed by atoms with van der Waals surface area (Å²) in [7, 11) is 3.85. The fraction of sp³-hybridized carbons (Fsp3) is 0.310. The third-order valence-electron chi connectivity index (χ3n) is 7.44. The predicted octanol–water partition coefficient (Wildman–Crippen LogP) is 4.64. The molecular formula is C29H32ClN7O2. The number of fused-ring (bicyclic) bond motifs is 2. The van der Waals surface area contributed by atoms with Crippen LogP contribution in [0.3, 0.4) is 0 Å². The SMILES string of the molecule is CN=C(C=CN)c1cc2c(cc1Nc1ncc(Cl)c(N3CC(C)(CC(=O)O)c4ccccc43)n1)CN(C)CC2. The number of nitrogens with two attached hydrogens (primary N) is 1. The molecule has 0 bridgehead atoms. The fourth-order valence-electron chi connectivity index (χ4n) is 5.58. The molecule has 0 amide bonds. The monoisotopic (exact) mass is 545 g/mol. The van der Waals surface area contributed by atoms with Gasteiger partial charge in [-0.1, -0.05) is 36.7 Å². The van der Waals surface area contributed by atoms with Crippen LogP contribution in [0.2, 0.25) is 5.02 Å². The van der Waals surface area contributed by atoms with Crippen molar-refractivity contribution in [3.05, 3.63) is 82.1 Å². The van der Waals surface area contributed by atoms with Gasteiger partial charge in [0, 0.05) is 43.3 Å². The summed E-state index contributed by atoms with van der Waals surface area (Å²) >= 11 is 6.64. The Morgan fingerprint density at radius 1 is 1.31 bits per heavy atom. The minimum Gasteiger partial charge on any atom is -0.481 e. The number of hydrogen-bond donors (Lipinski definition) is 3. The Morgan fingerprint density at radius 3 is 2.85 bits per heavy atom. The van der Waals surface area contributed by atoms with E-state index in [1.807, 2.05) is 36.1 Å². The lowest BCUT2D eigenvalue weighted by molar-refractivity contribution is -0.138. The zero-order valence-corrected chi connectivity index (χ0v) is 23.0. The highest BCUT2D eigenvalue weighted by atomic mass is 35.5. The largest absolute Gasteiger partial charge is 0.481 e. The molecular weight excluding hydrogens is 514 g/mol. The van der Waals surface area contributed by atoms with E-state index in [1.165, 1.54) is 17.3 Å². The molecule has 9 nitrogen and oxygen atoms in total. The van der Waals surface area contributed by atoms with Crippen molar-refractivity contribution in [3.8, 4) is 0 Å². The molecule has 1 atom stereocenters. The number of para-hydroxylation sites is 1. The third-order valence-corrected chi connectivity index (χ3v) is 7.70.